The third-order valence-corrected chi connectivity index (χ3v) is 4.34. The van der Waals surface area contributed by atoms with Gasteiger partial charge in [-0.15, -0.1) is 0 Å². The van der Waals surface area contributed by atoms with Gasteiger partial charge in [-0.25, -0.2) is 4.98 Å². The molecule has 1 heterocycles. The van der Waals surface area contributed by atoms with Crippen LogP contribution in [0.25, 0.3) is 10.2 Å². The van der Waals surface area contributed by atoms with Gasteiger partial charge in [0.1, 0.15) is 0 Å². The van der Waals surface area contributed by atoms with Crippen LogP contribution in [0.3, 0.4) is 0 Å². The second-order valence-corrected chi connectivity index (χ2v) is 6.35. The van der Waals surface area contributed by atoms with Crippen molar-refractivity contribution in [3.05, 3.63) is 54.1 Å². The van der Waals surface area contributed by atoms with Crippen molar-refractivity contribution < 1.29 is 9.59 Å². The van der Waals surface area contributed by atoms with E-state index >= 15 is 0 Å². The molecular formula is C18H17N3O2S. The monoisotopic (exact) mass is 339 g/mol. The van der Waals surface area contributed by atoms with Crippen molar-refractivity contribution in [1.82, 2.24) is 4.98 Å². The highest BCUT2D eigenvalue weighted by atomic mass is 32.1. The maximum atomic E-state index is 12.2. The minimum Gasteiger partial charge on any atom is -0.326 e. The summed E-state index contributed by atoms with van der Waals surface area (Å²) < 4.78 is 0.910. The molecule has 3 aromatic rings. The molecule has 2 aromatic carbocycles. The van der Waals surface area contributed by atoms with E-state index in [1.54, 1.807) is 12.1 Å². The Balaban J connectivity index is 1.76. The van der Waals surface area contributed by atoms with Crippen LogP contribution in [0.2, 0.25) is 0 Å². The second-order valence-electron chi connectivity index (χ2n) is 5.32. The summed E-state index contributed by atoms with van der Waals surface area (Å²) in [6, 6.07) is 14.5. The van der Waals surface area contributed by atoms with Gasteiger partial charge in [0.25, 0.3) is 5.91 Å². The average molecular weight is 339 g/mol. The van der Waals surface area contributed by atoms with Crippen molar-refractivity contribution in [2.24, 2.45) is 0 Å². The zero-order valence-electron chi connectivity index (χ0n) is 13.2. The fraction of sp³-hybridized carbons (Fsp3) is 0.167. The number of thiazole rings is 1. The van der Waals surface area contributed by atoms with Crippen LogP contribution in [-0.2, 0) is 4.79 Å². The van der Waals surface area contributed by atoms with Gasteiger partial charge in [0.05, 0.1) is 10.2 Å². The Morgan fingerprint density at radius 2 is 1.88 bits per heavy atom. The highest BCUT2D eigenvalue weighted by Crippen LogP contribution is 2.28. The first-order valence-electron chi connectivity index (χ1n) is 7.72. The summed E-state index contributed by atoms with van der Waals surface area (Å²) in [5, 5.41) is 6.21. The van der Waals surface area contributed by atoms with E-state index in [1.165, 1.54) is 11.3 Å². The molecule has 0 saturated carbocycles. The van der Waals surface area contributed by atoms with E-state index in [9.17, 15) is 9.59 Å². The number of carbonyl (C=O) groups is 2. The third-order valence-electron chi connectivity index (χ3n) is 3.41. The van der Waals surface area contributed by atoms with Gasteiger partial charge in [0.15, 0.2) is 5.13 Å². The third kappa shape index (κ3) is 3.78. The van der Waals surface area contributed by atoms with Crippen molar-refractivity contribution in [2.45, 2.75) is 19.8 Å². The maximum Gasteiger partial charge on any atom is 0.257 e. The molecule has 2 amide bonds. The first-order chi connectivity index (χ1) is 11.7. The van der Waals surface area contributed by atoms with Crippen molar-refractivity contribution in [3.8, 4) is 0 Å². The summed E-state index contributed by atoms with van der Waals surface area (Å²) in [6.45, 7) is 1.97. The lowest BCUT2D eigenvalue weighted by Gasteiger charge is -2.03. The molecule has 122 valence electrons. The summed E-state index contributed by atoms with van der Waals surface area (Å²) >= 11 is 1.38. The number of amides is 2. The van der Waals surface area contributed by atoms with Gasteiger partial charge in [0.2, 0.25) is 5.91 Å². The number of rotatable bonds is 5. The molecule has 0 spiro atoms. The number of nitrogens with one attached hydrogen (secondary N) is 2. The number of hydrogen-bond acceptors (Lipinski definition) is 4. The number of carbonyl (C=O) groups excluding carboxylic acids is 2. The van der Waals surface area contributed by atoms with E-state index in [2.05, 4.69) is 15.6 Å². The van der Waals surface area contributed by atoms with Gasteiger partial charge in [-0.3, -0.25) is 14.9 Å². The van der Waals surface area contributed by atoms with Crippen LogP contribution < -0.4 is 10.6 Å². The lowest BCUT2D eigenvalue weighted by Crippen LogP contribution is -2.11. The highest BCUT2D eigenvalue weighted by molar-refractivity contribution is 7.22. The molecule has 2 N–H and O–H groups in total. The van der Waals surface area contributed by atoms with Gasteiger partial charge < -0.3 is 5.32 Å². The predicted octanol–water partition coefficient (Wildman–Crippen LogP) is 4.29. The number of anilines is 2. The largest absolute Gasteiger partial charge is 0.326 e. The van der Waals surface area contributed by atoms with E-state index in [0.29, 0.717) is 17.1 Å². The summed E-state index contributed by atoms with van der Waals surface area (Å²) in [4.78, 5) is 28.3. The molecule has 0 saturated heterocycles. The summed E-state index contributed by atoms with van der Waals surface area (Å²) in [6.07, 6.45) is 1.31. The Kier molecular flexibility index (Phi) is 4.86. The van der Waals surface area contributed by atoms with E-state index in [-0.39, 0.29) is 11.8 Å². The maximum absolute atomic E-state index is 12.2. The van der Waals surface area contributed by atoms with Crippen LogP contribution in [0, 0.1) is 0 Å². The van der Waals surface area contributed by atoms with Gasteiger partial charge in [-0.05, 0) is 36.8 Å². The molecule has 0 unspecified atom stereocenters. The van der Waals surface area contributed by atoms with E-state index in [1.807, 2.05) is 43.3 Å². The summed E-state index contributed by atoms with van der Waals surface area (Å²) in [5.74, 6) is -0.190. The molecule has 0 aliphatic rings. The molecule has 6 heteroatoms. The van der Waals surface area contributed by atoms with E-state index < -0.39 is 0 Å². The highest BCUT2D eigenvalue weighted by Gasteiger charge is 2.10. The Morgan fingerprint density at radius 3 is 2.62 bits per heavy atom. The zero-order valence-corrected chi connectivity index (χ0v) is 14.0. The molecule has 0 radical (unpaired) electrons. The van der Waals surface area contributed by atoms with Gasteiger partial charge in [0, 0.05) is 17.7 Å². The Morgan fingerprint density at radius 1 is 1.08 bits per heavy atom. The van der Waals surface area contributed by atoms with E-state index in [0.717, 1.165) is 22.3 Å². The van der Waals surface area contributed by atoms with Crippen LogP contribution in [0.1, 0.15) is 30.1 Å². The molecule has 0 atom stereocenters. The lowest BCUT2D eigenvalue weighted by molar-refractivity contribution is -0.116. The number of benzene rings is 2. The minimum absolute atomic E-state index is 0.000954. The predicted molar refractivity (Wildman–Crippen MR) is 97.6 cm³/mol. The fourth-order valence-corrected chi connectivity index (χ4v) is 3.17. The molecule has 0 aliphatic heterocycles. The second kappa shape index (κ2) is 7.23. The molecule has 3 rings (SSSR count). The normalized spacial score (nSPS) is 10.5. The van der Waals surface area contributed by atoms with Crippen molar-refractivity contribution in [1.29, 1.82) is 0 Å². The van der Waals surface area contributed by atoms with Crippen LogP contribution in [-0.4, -0.2) is 16.8 Å². The Bertz CT molecular complexity index is 874. The number of fused-ring (bicyclic) bond motifs is 1. The molecule has 24 heavy (non-hydrogen) atoms. The molecule has 0 fully saturated rings. The van der Waals surface area contributed by atoms with Crippen LogP contribution in [0.15, 0.2) is 48.5 Å². The minimum atomic E-state index is -0.189. The first-order valence-corrected chi connectivity index (χ1v) is 8.54. The van der Waals surface area contributed by atoms with Crippen LogP contribution in [0.5, 0.6) is 0 Å². The molecule has 5 nitrogen and oxygen atoms in total. The Hall–Kier alpha value is -2.73. The SMILES string of the molecule is CCCC(=O)Nc1ccc2nc(NC(=O)c3ccccc3)sc2c1. The number of hydrogen-bond donors (Lipinski definition) is 2. The first kappa shape index (κ1) is 16.1. The molecule has 1 aromatic heterocycles. The fourth-order valence-electron chi connectivity index (χ4n) is 2.27. The molecular weight excluding hydrogens is 322 g/mol. The molecule has 0 aliphatic carbocycles. The van der Waals surface area contributed by atoms with Gasteiger partial charge >= 0.3 is 0 Å². The van der Waals surface area contributed by atoms with E-state index in [4.69, 9.17) is 0 Å². The number of aromatic nitrogens is 1. The summed E-state index contributed by atoms with van der Waals surface area (Å²) in [5.41, 5.74) is 2.12. The van der Waals surface area contributed by atoms with Gasteiger partial charge in [-0.1, -0.05) is 36.5 Å². The Labute approximate surface area is 143 Å². The standard InChI is InChI=1S/C18H17N3O2S/c1-2-6-16(22)19-13-9-10-14-15(11-13)24-18(20-14)21-17(23)12-7-4-3-5-8-12/h3-5,7-11H,2,6H2,1H3,(H,19,22)(H,20,21,23). The van der Waals surface area contributed by atoms with Crippen molar-refractivity contribution >= 4 is 44.2 Å². The lowest BCUT2D eigenvalue weighted by atomic mass is 10.2. The average Bonchev–Trinajstić information content (AvgIpc) is 2.97. The van der Waals surface area contributed by atoms with Crippen LogP contribution >= 0.6 is 11.3 Å². The number of nitrogens with zero attached hydrogens (tertiary/aromatic N) is 1. The van der Waals surface area contributed by atoms with Crippen LogP contribution in [0.4, 0.5) is 10.8 Å². The molecule has 0 bridgehead atoms. The topological polar surface area (TPSA) is 71.1 Å². The zero-order chi connectivity index (χ0) is 16.9. The van der Waals surface area contributed by atoms with Gasteiger partial charge in [-0.2, -0.15) is 0 Å². The smallest absolute Gasteiger partial charge is 0.257 e. The van der Waals surface area contributed by atoms with Crippen molar-refractivity contribution in [3.63, 3.8) is 0 Å². The quantitative estimate of drug-likeness (QED) is 0.728. The summed E-state index contributed by atoms with van der Waals surface area (Å²) in [7, 11) is 0. The van der Waals surface area contributed by atoms with Crippen molar-refractivity contribution in [2.75, 3.05) is 10.6 Å².